The third kappa shape index (κ3) is 4.01. The maximum absolute atomic E-state index is 5.85. The summed E-state index contributed by atoms with van der Waals surface area (Å²) in [6.45, 7) is 4.47. The molecule has 0 saturated heterocycles. The van der Waals surface area contributed by atoms with Crippen LogP contribution in [0, 0.1) is 5.92 Å². The predicted octanol–water partition coefficient (Wildman–Crippen LogP) is 4.75. The van der Waals surface area contributed by atoms with E-state index in [9.17, 15) is 0 Å². The number of aryl methyl sites for hydroxylation is 1. The van der Waals surface area contributed by atoms with Crippen LogP contribution in [-0.2, 0) is 6.42 Å². The predicted molar refractivity (Wildman–Crippen MR) is 65.2 cm³/mol. The van der Waals surface area contributed by atoms with Crippen LogP contribution in [0.25, 0.3) is 0 Å². The minimum atomic E-state index is 0.619. The van der Waals surface area contributed by atoms with E-state index in [0.29, 0.717) is 10.7 Å². The van der Waals surface area contributed by atoms with E-state index in [1.807, 2.05) is 6.07 Å². The van der Waals surface area contributed by atoms with Gasteiger partial charge in [0.05, 0.1) is 4.34 Å². The SMILES string of the molecule is CC(C)C(Br)CCc1ccc(Cl)s1. The largest absolute Gasteiger partial charge is 0.128 e. The molecule has 74 valence electrons. The maximum Gasteiger partial charge on any atom is 0.0931 e. The summed E-state index contributed by atoms with van der Waals surface area (Å²) in [6.07, 6.45) is 2.32. The van der Waals surface area contributed by atoms with E-state index in [1.165, 1.54) is 11.3 Å². The Hall–Kier alpha value is 0.470. The Kier molecular flexibility index (Phi) is 4.77. The molecule has 0 N–H and O–H groups in total. The summed E-state index contributed by atoms with van der Waals surface area (Å²) >= 11 is 11.2. The van der Waals surface area contributed by atoms with Gasteiger partial charge in [-0.05, 0) is 30.9 Å². The quantitative estimate of drug-likeness (QED) is 0.699. The van der Waals surface area contributed by atoms with Crippen molar-refractivity contribution >= 4 is 38.9 Å². The third-order valence-electron chi connectivity index (χ3n) is 2.02. The summed E-state index contributed by atoms with van der Waals surface area (Å²) in [5.74, 6) is 0.704. The summed E-state index contributed by atoms with van der Waals surface area (Å²) in [7, 11) is 0. The van der Waals surface area contributed by atoms with Crippen LogP contribution in [0.3, 0.4) is 0 Å². The van der Waals surface area contributed by atoms with Crippen LogP contribution < -0.4 is 0 Å². The fourth-order valence-corrected chi connectivity index (χ4v) is 2.43. The Labute approximate surface area is 97.4 Å². The smallest absolute Gasteiger partial charge is 0.0931 e. The highest BCUT2D eigenvalue weighted by Crippen LogP contribution is 2.25. The lowest BCUT2D eigenvalue weighted by atomic mass is 10.1. The van der Waals surface area contributed by atoms with E-state index in [1.54, 1.807) is 11.3 Å². The van der Waals surface area contributed by atoms with Gasteiger partial charge in [-0.15, -0.1) is 11.3 Å². The molecule has 0 spiro atoms. The summed E-state index contributed by atoms with van der Waals surface area (Å²) in [6, 6.07) is 4.09. The lowest BCUT2D eigenvalue weighted by Gasteiger charge is -2.12. The second kappa shape index (κ2) is 5.38. The van der Waals surface area contributed by atoms with Gasteiger partial charge in [0.1, 0.15) is 0 Å². The van der Waals surface area contributed by atoms with Gasteiger partial charge in [0.15, 0.2) is 0 Å². The average molecular weight is 282 g/mol. The van der Waals surface area contributed by atoms with Gasteiger partial charge < -0.3 is 0 Å². The van der Waals surface area contributed by atoms with Crippen molar-refractivity contribution in [1.82, 2.24) is 0 Å². The Morgan fingerprint density at radius 2 is 2.15 bits per heavy atom. The van der Waals surface area contributed by atoms with E-state index < -0.39 is 0 Å². The highest BCUT2D eigenvalue weighted by atomic mass is 79.9. The van der Waals surface area contributed by atoms with Crippen LogP contribution in [-0.4, -0.2) is 4.83 Å². The Bertz CT molecular complexity index is 257. The number of hydrogen-bond donors (Lipinski definition) is 0. The molecule has 1 aromatic rings. The summed E-state index contributed by atoms with van der Waals surface area (Å²) < 4.78 is 0.894. The topological polar surface area (TPSA) is 0 Å². The van der Waals surface area contributed by atoms with E-state index in [4.69, 9.17) is 11.6 Å². The van der Waals surface area contributed by atoms with Gasteiger partial charge in [0.25, 0.3) is 0 Å². The Balaban J connectivity index is 2.35. The molecule has 0 bridgehead atoms. The lowest BCUT2D eigenvalue weighted by Crippen LogP contribution is -2.07. The van der Waals surface area contributed by atoms with Crippen molar-refractivity contribution in [2.45, 2.75) is 31.5 Å². The first-order valence-electron chi connectivity index (χ1n) is 4.48. The molecule has 0 saturated carbocycles. The van der Waals surface area contributed by atoms with Crippen LogP contribution in [0.15, 0.2) is 12.1 Å². The zero-order valence-corrected chi connectivity index (χ0v) is 11.0. The molecule has 0 radical (unpaired) electrons. The maximum atomic E-state index is 5.85. The van der Waals surface area contributed by atoms with Crippen molar-refractivity contribution in [3.63, 3.8) is 0 Å². The van der Waals surface area contributed by atoms with Crippen LogP contribution in [0.5, 0.6) is 0 Å². The monoisotopic (exact) mass is 280 g/mol. The normalized spacial score (nSPS) is 13.6. The lowest BCUT2D eigenvalue weighted by molar-refractivity contribution is 0.583. The molecule has 0 aliphatic heterocycles. The molecule has 0 amide bonds. The number of rotatable bonds is 4. The zero-order chi connectivity index (χ0) is 9.84. The van der Waals surface area contributed by atoms with Gasteiger partial charge in [0, 0.05) is 9.70 Å². The summed E-state index contributed by atoms with van der Waals surface area (Å²) in [4.78, 5) is 2.00. The molecule has 3 heteroatoms. The van der Waals surface area contributed by atoms with Crippen molar-refractivity contribution < 1.29 is 0 Å². The number of thiophene rings is 1. The molecular weight excluding hydrogens is 268 g/mol. The number of alkyl halides is 1. The Morgan fingerprint density at radius 3 is 2.62 bits per heavy atom. The van der Waals surface area contributed by atoms with Gasteiger partial charge in [-0.25, -0.2) is 0 Å². The minimum Gasteiger partial charge on any atom is -0.128 e. The number of halogens is 2. The molecule has 0 aliphatic rings. The standard InChI is InChI=1S/C10H14BrClS/c1-7(2)9(11)5-3-8-4-6-10(12)13-8/h4,6-7,9H,3,5H2,1-2H3. The van der Waals surface area contributed by atoms with Crippen molar-refractivity contribution in [2.24, 2.45) is 5.92 Å². The molecule has 0 fully saturated rings. The fourth-order valence-electron chi connectivity index (χ4n) is 1.10. The Morgan fingerprint density at radius 1 is 1.46 bits per heavy atom. The van der Waals surface area contributed by atoms with Crippen LogP contribution >= 0.6 is 38.9 Å². The van der Waals surface area contributed by atoms with Crippen molar-refractivity contribution in [2.75, 3.05) is 0 Å². The molecule has 0 aliphatic carbocycles. The molecule has 1 aromatic heterocycles. The third-order valence-corrected chi connectivity index (χ3v) is 4.82. The highest BCUT2D eigenvalue weighted by molar-refractivity contribution is 9.09. The molecule has 0 nitrogen and oxygen atoms in total. The second-order valence-electron chi connectivity index (χ2n) is 3.50. The molecular formula is C10H14BrClS. The van der Waals surface area contributed by atoms with Crippen LogP contribution in [0.1, 0.15) is 25.1 Å². The average Bonchev–Trinajstić information content (AvgIpc) is 2.47. The molecule has 1 atom stereocenters. The van der Waals surface area contributed by atoms with Gasteiger partial charge >= 0.3 is 0 Å². The second-order valence-corrected chi connectivity index (χ2v) is 6.48. The van der Waals surface area contributed by atoms with E-state index in [0.717, 1.165) is 10.8 Å². The van der Waals surface area contributed by atoms with E-state index in [2.05, 4.69) is 35.8 Å². The van der Waals surface area contributed by atoms with E-state index >= 15 is 0 Å². The molecule has 13 heavy (non-hydrogen) atoms. The summed E-state index contributed by atoms with van der Waals surface area (Å²) in [5, 5.41) is 0. The first-order valence-corrected chi connectivity index (χ1v) is 6.59. The van der Waals surface area contributed by atoms with Gasteiger partial charge in [0.2, 0.25) is 0 Å². The van der Waals surface area contributed by atoms with E-state index in [-0.39, 0.29) is 0 Å². The minimum absolute atomic E-state index is 0.619. The first kappa shape index (κ1) is 11.5. The fraction of sp³-hybridized carbons (Fsp3) is 0.600. The van der Waals surface area contributed by atoms with Gasteiger partial charge in [-0.3, -0.25) is 0 Å². The molecule has 1 rings (SSSR count). The summed E-state index contributed by atoms with van der Waals surface area (Å²) in [5.41, 5.74) is 0. The first-order chi connectivity index (χ1) is 6.09. The van der Waals surface area contributed by atoms with Crippen molar-refractivity contribution in [3.8, 4) is 0 Å². The molecule has 1 unspecified atom stereocenters. The molecule has 0 aromatic carbocycles. The van der Waals surface area contributed by atoms with Gasteiger partial charge in [-0.2, -0.15) is 0 Å². The van der Waals surface area contributed by atoms with Crippen molar-refractivity contribution in [3.05, 3.63) is 21.3 Å². The highest BCUT2D eigenvalue weighted by Gasteiger charge is 2.09. The zero-order valence-electron chi connectivity index (χ0n) is 7.89. The van der Waals surface area contributed by atoms with Gasteiger partial charge in [-0.1, -0.05) is 41.4 Å². The molecule has 1 heterocycles. The van der Waals surface area contributed by atoms with Crippen molar-refractivity contribution in [1.29, 1.82) is 0 Å². The van der Waals surface area contributed by atoms with Crippen LogP contribution in [0.4, 0.5) is 0 Å². The number of hydrogen-bond acceptors (Lipinski definition) is 1. The van der Waals surface area contributed by atoms with Crippen LogP contribution in [0.2, 0.25) is 4.34 Å².